The molecule has 0 bridgehead atoms. The normalized spacial score (nSPS) is 23.6. The molecule has 2 unspecified atom stereocenters. The van der Waals surface area contributed by atoms with E-state index >= 15 is 0 Å². The minimum Gasteiger partial charge on any atom is -0.390 e. The van der Waals surface area contributed by atoms with E-state index in [2.05, 4.69) is 6.07 Å². The Bertz CT molecular complexity index is 589. The average Bonchev–Trinajstić information content (AvgIpc) is 2.38. The summed E-state index contributed by atoms with van der Waals surface area (Å²) in [5, 5.41) is 19.6. The van der Waals surface area contributed by atoms with Crippen LogP contribution in [0.5, 0.6) is 0 Å². The second kappa shape index (κ2) is 4.80. The van der Waals surface area contributed by atoms with Crippen LogP contribution in [0.25, 0.3) is 0 Å². The molecular weight excluding hydrogens is 254 g/mol. The van der Waals surface area contributed by atoms with E-state index in [1.807, 2.05) is 19.9 Å². The van der Waals surface area contributed by atoms with Gasteiger partial charge in [-0.1, -0.05) is 19.9 Å². The van der Waals surface area contributed by atoms with Crippen molar-refractivity contribution < 1.29 is 9.90 Å². The number of benzene rings is 1. The maximum absolute atomic E-state index is 11.5. The molecule has 106 valence electrons. The first-order valence-corrected chi connectivity index (χ1v) is 6.51. The number of fused-ring (bicyclic) bond motifs is 1. The molecule has 0 aromatic heterocycles. The third-order valence-corrected chi connectivity index (χ3v) is 4.10. The summed E-state index contributed by atoms with van der Waals surface area (Å²) >= 11 is 0. The lowest BCUT2D eigenvalue weighted by molar-refractivity contribution is -0.0190. The van der Waals surface area contributed by atoms with Gasteiger partial charge in [0.1, 0.15) is 0 Å². The number of amides is 2. The Balaban J connectivity index is 2.60. The summed E-state index contributed by atoms with van der Waals surface area (Å²) in [7, 11) is 1.57. The highest BCUT2D eigenvalue weighted by atomic mass is 16.3. The van der Waals surface area contributed by atoms with Crippen molar-refractivity contribution in [1.82, 2.24) is 4.90 Å². The molecule has 1 aromatic carbocycles. The standard InChI is InChI=1S/C15H19N3O2/c1-15(2)7-10-5-4-9(8-16)6-11(10)12(13(15)19)18(3)14(17)20/h4-6,12-13,19H,7H2,1-3H3,(H2,17,20). The Kier molecular flexibility index (Phi) is 3.45. The van der Waals surface area contributed by atoms with Crippen LogP contribution in [0.1, 0.15) is 36.6 Å². The predicted octanol–water partition coefficient (Wildman–Crippen LogP) is 1.55. The van der Waals surface area contributed by atoms with Gasteiger partial charge in [-0.15, -0.1) is 0 Å². The van der Waals surface area contributed by atoms with E-state index in [4.69, 9.17) is 11.0 Å². The van der Waals surface area contributed by atoms with Gasteiger partial charge in [0.05, 0.1) is 23.8 Å². The molecule has 2 atom stereocenters. The molecule has 2 amide bonds. The van der Waals surface area contributed by atoms with Gasteiger partial charge >= 0.3 is 6.03 Å². The average molecular weight is 273 g/mol. The zero-order chi connectivity index (χ0) is 15.1. The van der Waals surface area contributed by atoms with Gasteiger partial charge in [0.2, 0.25) is 0 Å². The summed E-state index contributed by atoms with van der Waals surface area (Å²) < 4.78 is 0. The third-order valence-electron chi connectivity index (χ3n) is 4.10. The number of carbonyl (C=O) groups excluding carboxylic acids is 1. The second-order valence-corrected chi connectivity index (χ2v) is 6.03. The summed E-state index contributed by atoms with van der Waals surface area (Å²) in [5.74, 6) is 0. The lowest BCUT2D eigenvalue weighted by Crippen LogP contribution is -2.50. The Morgan fingerprint density at radius 1 is 1.55 bits per heavy atom. The van der Waals surface area contributed by atoms with Gasteiger partial charge in [-0.25, -0.2) is 4.79 Å². The smallest absolute Gasteiger partial charge is 0.315 e. The molecule has 5 nitrogen and oxygen atoms in total. The second-order valence-electron chi connectivity index (χ2n) is 6.03. The van der Waals surface area contributed by atoms with Crippen molar-refractivity contribution in [3.05, 3.63) is 34.9 Å². The molecule has 20 heavy (non-hydrogen) atoms. The fourth-order valence-corrected chi connectivity index (χ4v) is 2.85. The molecular formula is C15H19N3O2. The Labute approximate surface area is 118 Å². The highest BCUT2D eigenvalue weighted by Gasteiger charge is 2.43. The molecule has 3 N–H and O–H groups in total. The maximum Gasteiger partial charge on any atom is 0.315 e. The van der Waals surface area contributed by atoms with Crippen LogP contribution in [-0.2, 0) is 6.42 Å². The minimum absolute atomic E-state index is 0.366. The zero-order valence-electron chi connectivity index (χ0n) is 11.9. The summed E-state index contributed by atoms with van der Waals surface area (Å²) in [6.45, 7) is 3.92. The number of nitrogens with zero attached hydrogens (tertiary/aromatic N) is 2. The topological polar surface area (TPSA) is 90.4 Å². The number of carbonyl (C=O) groups is 1. The summed E-state index contributed by atoms with van der Waals surface area (Å²) in [6, 6.07) is 6.34. The van der Waals surface area contributed by atoms with Gasteiger partial charge in [-0.3, -0.25) is 0 Å². The lowest BCUT2D eigenvalue weighted by Gasteiger charge is -2.45. The first-order chi connectivity index (χ1) is 9.27. The van der Waals surface area contributed by atoms with Gasteiger partial charge < -0.3 is 15.7 Å². The third kappa shape index (κ3) is 2.23. The van der Waals surface area contributed by atoms with Gasteiger partial charge in [0.25, 0.3) is 0 Å². The molecule has 1 aliphatic carbocycles. The number of rotatable bonds is 1. The number of likely N-dealkylation sites (N-methyl/N-ethyl adjacent to an activating group) is 1. The van der Waals surface area contributed by atoms with Crippen molar-refractivity contribution in [2.24, 2.45) is 11.1 Å². The molecule has 0 heterocycles. The number of primary amides is 1. The van der Waals surface area contributed by atoms with Crippen LogP contribution in [-0.4, -0.2) is 29.2 Å². The fraction of sp³-hybridized carbons (Fsp3) is 0.467. The number of hydrogen-bond donors (Lipinski definition) is 2. The Hall–Kier alpha value is -2.06. The highest BCUT2D eigenvalue weighted by molar-refractivity contribution is 5.72. The summed E-state index contributed by atoms with van der Waals surface area (Å²) in [5.41, 5.74) is 7.35. The maximum atomic E-state index is 11.5. The first-order valence-electron chi connectivity index (χ1n) is 6.51. The molecule has 0 aliphatic heterocycles. The number of urea groups is 1. The van der Waals surface area contributed by atoms with E-state index in [0.29, 0.717) is 12.0 Å². The van der Waals surface area contributed by atoms with Gasteiger partial charge in [-0.2, -0.15) is 5.26 Å². The van der Waals surface area contributed by atoms with E-state index in [0.717, 1.165) is 11.1 Å². The van der Waals surface area contributed by atoms with Crippen LogP contribution in [0.3, 0.4) is 0 Å². The molecule has 1 aromatic rings. The van der Waals surface area contributed by atoms with Crippen molar-refractivity contribution in [3.63, 3.8) is 0 Å². The van der Waals surface area contributed by atoms with Gasteiger partial charge in [0.15, 0.2) is 0 Å². The zero-order valence-corrected chi connectivity index (χ0v) is 11.9. The van der Waals surface area contributed by atoms with Crippen LogP contribution in [0.2, 0.25) is 0 Å². The molecule has 2 rings (SSSR count). The molecule has 5 heteroatoms. The summed E-state index contributed by atoms with van der Waals surface area (Å²) in [6.07, 6.45) is -0.0420. The van der Waals surface area contributed by atoms with Crippen LogP contribution in [0.4, 0.5) is 4.79 Å². The van der Waals surface area contributed by atoms with E-state index in [1.54, 1.807) is 19.2 Å². The van der Waals surface area contributed by atoms with Crippen molar-refractivity contribution >= 4 is 6.03 Å². The van der Waals surface area contributed by atoms with Gasteiger partial charge in [-0.05, 0) is 35.1 Å². The minimum atomic E-state index is -0.735. The number of nitriles is 1. The van der Waals surface area contributed by atoms with Crippen LogP contribution < -0.4 is 5.73 Å². The summed E-state index contributed by atoms with van der Waals surface area (Å²) in [4.78, 5) is 12.8. The van der Waals surface area contributed by atoms with Gasteiger partial charge in [0, 0.05) is 7.05 Å². The largest absolute Gasteiger partial charge is 0.390 e. The SMILES string of the molecule is CN(C(N)=O)C1c2cc(C#N)ccc2CC(C)(C)C1O. The van der Waals surface area contributed by atoms with Crippen molar-refractivity contribution in [3.8, 4) is 6.07 Å². The first kappa shape index (κ1) is 14.4. The Morgan fingerprint density at radius 3 is 2.75 bits per heavy atom. The van der Waals surface area contributed by atoms with Crippen LogP contribution >= 0.6 is 0 Å². The number of aliphatic hydroxyl groups excluding tert-OH is 1. The lowest BCUT2D eigenvalue weighted by atomic mass is 9.69. The Morgan fingerprint density at radius 2 is 2.20 bits per heavy atom. The monoisotopic (exact) mass is 273 g/mol. The quantitative estimate of drug-likeness (QED) is 0.813. The van der Waals surface area contributed by atoms with Crippen LogP contribution in [0.15, 0.2) is 18.2 Å². The van der Waals surface area contributed by atoms with Crippen molar-refractivity contribution in [2.45, 2.75) is 32.4 Å². The number of aliphatic hydroxyl groups is 1. The van der Waals surface area contributed by atoms with E-state index in [1.165, 1.54) is 4.90 Å². The number of nitrogens with two attached hydrogens (primary N) is 1. The molecule has 0 saturated heterocycles. The molecule has 0 spiro atoms. The number of hydrogen-bond acceptors (Lipinski definition) is 3. The molecule has 0 fully saturated rings. The molecule has 1 aliphatic rings. The van der Waals surface area contributed by atoms with E-state index in [-0.39, 0.29) is 5.41 Å². The fourth-order valence-electron chi connectivity index (χ4n) is 2.85. The van der Waals surface area contributed by atoms with E-state index < -0.39 is 18.2 Å². The van der Waals surface area contributed by atoms with Crippen molar-refractivity contribution in [1.29, 1.82) is 5.26 Å². The molecule has 0 radical (unpaired) electrons. The molecule has 0 saturated carbocycles. The van der Waals surface area contributed by atoms with Crippen molar-refractivity contribution in [2.75, 3.05) is 7.05 Å². The highest BCUT2D eigenvalue weighted by Crippen LogP contribution is 2.43. The predicted molar refractivity (Wildman–Crippen MR) is 74.7 cm³/mol. The van der Waals surface area contributed by atoms with Crippen LogP contribution in [0, 0.1) is 16.7 Å². The van der Waals surface area contributed by atoms with E-state index in [9.17, 15) is 9.90 Å².